The van der Waals surface area contributed by atoms with Gasteiger partial charge in [-0.25, -0.2) is 18.1 Å². The van der Waals surface area contributed by atoms with Gasteiger partial charge in [-0.3, -0.25) is 4.79 Å². The highest BCUT2D eigenvalue weighted by Gasteiger charge is 2.24. The number of thiazole rings is 1. The Hall–Kier alpha value is -2.07. The molecule has 4 rings (SSSR count). The molecule has 3 aromatic rings. The minimum Gasteiger partial charge on any atom is -0.338 e. The fraction of sp³-hybridized carbons (Fsp3) is 0.333. The first kappa shape index (κ1) is 21.2. The highest BCUT2D eigenvalue weighted by molar-refractivity contribution is 7.91. The third kappa shape index (κ3) is 4.64. The molecule has 0 bridgehead atoms. The Balaban J connectivity index is 1.50. The van der Waals surface area contributed by atoms with Gasteiger partial charge in [0.05, 0.1) is 5.69 Å². The van der Waals surface area contributed by atoms with Crippen molar-refractivity contribution in [3.8, 4) is 10.6 Å². The van der Waals surface area contributed by atoms with Crippen molar-refractivity contribution >= 4 is 38.6 Å². The molecule has 1 amide bonds. The molecule has 1 aliphatic heterocycles. The predicted octanol–water partition coefficient (Wildman–Crippen LogP) is 4.28. The molecule has 1 aliphatic rings. The summed E-state index contributed by atoms with van der Waals surface area (Å²) in [5.41, 5.74) is 2.32. The van der Waals surface area contributed by atoms with E-state index in [1.54, 1.807) is 11.4 Å². The third-order valence-corrected chi connectivity index (χ3v) is 9.07. The van der Waals surface area contributed by atoms with Crippen LogP contribution in [0.15, 0.2) is 46.0 Å². The summed E-state index contributed by atoms with van der Waals surface area (Å²) >= 11 is 2.50. The minimum absolute atomic E-state index is 0.0311. The maximum atomic E-state index is 12.8. The fourth-order valence-corrected chi connectivity index (χ4v) is 6.70. The van der Waals surface area contributed by atoms with Crippen molar-refractivity contribution in [3.63, 3.8) is 0 Å². The summed E-state index contributed by atoms with van der Waals surface area (Å²) in [6, 6.07) is 11.0. The standard InChI is InChI=1S/C21H23N3O3S3/c1-15-19(21(25)24-10-6-3-7-11-24)29-20(23-15)17-12-18(28-14-17)30(26,27)22-13-16-8-4-2-5-9-16/h2,4-5,8-9,12,14,22H,3,6-7,10-11,13H2,1H3. The lowest BCUT2D eigenvalue weighted by atomic mass is 10.1. The van der Waals surface area contributed by atoms with Crippen molar-refractivity contribution in [3.05, 3.63) is 57.9 Å². The van der Waals surface area contributed by atoms with Crippen LogP contribution in [0.3, 0.4) is 0 Å². The van der Waals surface area contributed by atoms with Crippen LogP contribution in [0.1, 0.15) is 40.2 Å². The average molecular weight is 462 g/mol. The van der Waals surface area contributed by atoms with Crippen LogP contribution in [0.4, 0.5) is 0 Å². The number of aromatic nitrogens is 1. The van der Waals surface area contributed by atoms with Gasteiger partial charge in [-0.2, -0.15) is 0 Å². The predicted molar refractivity (Wildman–Crippen MR) is 120 cm³/mol. The van der Waals surface area contributed by atoms with Crippen molar-refractivity contribution in [2.45, 2.75) is 36.9 Å². The number of carbonyl (C=O) groups excluding carboxylic acids is 1. The molecule has 0 atom stereocenters. The topological polar surface area (TPSA) is 79.4 Å². The lowest BCUT2D eigenvalue weighted by Crippen LogP contribution is -2.35. The van der Waals surface area contributed by atoms with Crippen LogP contribution in [-0.2, 0) is 16.6 Å². The van der Waals surface area contributed by atoms with E-state index in [0.717, 1.165) is 48.4 Å². The molecule has 0 unspecified atom stereocenters. The molecule has 3 heterocycles. The van der Waals surface area contributed by atoms with Gasteiger partial charge in [0.2, 0.25) is 10.0 Å². The van der Waals surface area contributed by atoms with Crippen LogP contribution in [0.5, 0.6) is 0 Å². The normalized spacial score (nSPS) is 14.8. The van der Waals surface area contributed by atoms with E-state index in [1.807, 2.05) is 42.2 Å². The maximum absolute atomic E-state index is 12.8. The largest absolute Gasteiger partial charge is 0.338 e. The van der Waals surface area contributed by atoms with E-state index in [-0.39, 0.29) is 16.7 Å². The van der Waals surface area contributed by atoms with Gasteiger partial charge in [0.1, 0.15) is 14.1 Å². The van der Waals surface area contributed by atoms with Gasteiger partial charge in [0.25, 0.3) is 5.91 Å². The lowest BCUT2D eigenvalue weighted by molar-refractivity contribution is 0.0728. The number of hydrogen-bond donors (Lipinski definition) is 1. The Morgan fingerprint density at radius 3 is 2.63 bits per heavy atom. The number of likely N-dealkylation sites (tertiary alicyclic amines) is 1. The molecule has 158 valence electrons. The Morgan fingerprint density at radius 1 is 1.17 bits per heavy atom. The number of aryl methyl sites for hydroxylation is 1. The Kier molecular flexibility index (Phi) is 6.33. The first-order valence-electron chi connectivity index (χ1n) is 9.83. The molecule has 0 aliphatic carbocycles. The zero-order valence-electron chi connectivity index (χ0n) is 16.6. The second kappa shape index (κ2) is 8.97. The maximum Gasteiger partial charge on any atom is 0.265 e. The van der Waals surface area contributed by atoms with E-state index in [1.165, 1.54) is 17.8 Å². The van der Waals surface area contributed by atoms with Gasteiger partial charge in [0, 0.05) is 30.6 Å². The number of amides is 1. The number of nitrogens with one attached hydrogen (secondary N) is 1. The summed E-state index contributed by atoms with van der Waals surface area (Å²) in [4.78, 5) is 19.9. The van der Waals surface area contributed by atoms with E-state index in [2.05, 4.69) is 9.71 Å². The van der Waals surface area contributed by atoms with E-state index in [0.29, 0.717) is 15.6 Å². The molecule has 0 radical (unpaired) electrons. The molecule has 30 heavy (non-hydrogen) atoms. The monoisotopic (exact) mass is 461 g/mol. The van der Waals surface area contributed by atoms with E-state index in [9.17, 15) is 13.2 Å². The quantitative estimate of drug-likeness (QED) is 0.594. The number of sulfonamides is 1. The van der Waals surface area contributed by atoms with Crippen molar-refractivity contribution in [1.29, 1.82) is 0 Å². The van der Waals surface area contributed by atoms with Crippen LogP contribution in [0, 0.1) is 6.92 Å². The number of rotatable bonds is 6. The van der Waals surface area contributed by atoms with Crippen molar-refractivity contribution in [1.82, 2.24) is 14.6 Å². The molecule has 9 heteroatoms. The SMILES string of the molecule is Cc1nc(-c2csc(S(=O)(=O)NCc3ccccc3)c2)sc1C(=O)N1CCCCC1. The van der Waals surface area contributed by atoms with Gasteiger partial charge in [-0.1, -0.05) is 30.3 Å². The van der Waals surface area contributed by atoms with Crippen molar-refractivity contribution in [2.24, 2.45) is 0 Å². The molecular formula is C21H23N3O3S3. The third-order valence-electron chi connectivity index (χ3n) is 5.03. The molecular weight excluding hydrogens is 438 g/mol. The first-order chi connectivity index (χ1) is 14.4. The van der Waals surface area contributed by atoms with Crippen LogP contribution in [0.2, 0.25) is 0 Å². The van der Waals surface area contributed by atoms with Crippen LogP contribution in [-0.4, -0.2) is 37.3 Å². The molecule has 0 spiro atoms. The summed E-state index contributed by atoms with van der Waals surface area (Å²) in [5.74, 6) is 0.0311. The Morgan fingerprint density at radius 2 is 1.90 bits per heavy atom. The summed E-state index contributed by atoms with van der Waals surface area (Å²) < 4.78 is 28.2. The zero-order valence-corrected chi connectivity index (χ0v) is 19.1. The van der Waals surface area contributed by atoms with Crippen LogP contribution >= 0.6 is 22.7 Å². The molecule has 0 saturated carbocycles. The van der Waals surface area contributed by atoms with Crippen LogP contribution in [0.25, 0.3) is 10.6 Å². The van der Waals surface area contributed by atoms with Gasteiger partial charge >= 0.3 is 0 Å². The molecule has 1 aromatic carbocycles. The van der Waals surface area contributed by atoms with Gasteiger partial charge in [-0.05, 0) is 37.8 Å². The van der Waals surface area contributed by atoms with Gasteiger partial charge in [0.15, 0.2) is 0 Å². The van der Waals surface area contributed by atoms with E-state index >= 15 is 0 Å². The van der Waals surface area contributed by atoms with Crippen molar-refractivity contribution < 1.29 is 13.2 Å². The number of benzene rings is 1. The number of carbonyl (C=O) groups is 1. The highest BCUT2D eigenvalue weighted by Crippen LogP contribution is 2.33. The van der Waals surface area contributed by atoms with Crippen LogP contribution < -0.4 is 4.72 Å². The minimum atomic E-state index is -3.61. The fourth-order valence-electron chi connectivity index (χ4n) is 3.37. The zero-order chi connectivity index (χ0) is 21.1. The van der Waals surface area contributed by atoms with Gasteiger partial charge < -0.3 is 4.90 Å². The Labute approximate surface area is 184 Å². The summed E-state index contributed by atoms with van der Waals surface area (Å²) in [7, 11) is -3.61. The Bertz CT molecular complexity index is 1130. The number of nitrogens with zero attached hydrogens (tertiary/aromatic N) is 2. The second-order valence-corrected chi connectivity index (χ2v) is 11.2. The number of thiophene rings is 1. The average Bonchev–Trinajstić information content (AvgIpc) is 3.41. The number of hydrogen-bond acceptors (Lipinski definition) is 6. The smallest absolute Gasteiger partial charge is 0.265 e. The second-order valence-electron chi connectivity index (χ2n) is 7.25. The van der Waals surface area contributed by atoms with Gasteiger partial charge in [-0.15, -0.1) is 22.7 Å². The molecule has 1 saturated heterocycles. The molecule has 6 nitrogen and oxygen atoms in total. The summed E-state index contributed by atoms with van der Waals surface area (Å²) in [6.07, 6.45) is 3.25. The molecule has 1 N–H and O–H groups in total. The summed E-state index contributed by atoms with van der Waals surface area (Å²) in [5, 5.41) is 2.46. The molecule has 1 fully saturated rings. The van der Waals surface area contributed by atoms with Crippen molar-refractivity contribution in [2.75, 3.05) is 13.1 Å². The molecule has 2 aromatic heterocycles. The first-order valence-corrected chi connectivity index (χ1v) is 13.0. The lowest BCUT2D eigenvalue weighted by Gasteiger charge is -2.26. The van der Waals surface area contributed by atoms with E-state index in [4.69, 9.17) is 0 Å². The number of piperidine rings is 1. The van der Waals surface area contributed by atoms with E-state index < -0.39 is 10.0 Å². The highest BCUT2D eigenvalue weighted by atomic mass is 32.2. The summed E-state index contributed by atoms with van der Waals surface area (Å²) in [6.45, 7) is 3.66.